The molecule has 0 aromatic heterocycles. The number of carbonyl (C=O) groups excluding carboxylic acids is 2. The van der Waals surface area contributed by atoms with E-state index in [1.165, 1.54) is 24.4 Å². The summed E-state index contributed by atoms with van der Waals surface area (Å²) >= 11 is 0. The van der Waals surface area contributed by atoms with Crippen LogP contribution in [0.25, 0.3) is 6.08 Å². The third kappa shape index (κ3) is 6.25. The van der Waals surface area contributed by atoms with Crippen LogP contribution in [-0.4, -0.2) is 18.0 Å². The van der Waals surface area contributed by atoms with Crippen LogP contribution < -0.4 is 10.7 Å². The lowest BCUT2D eigenvalue weighted by molar-refractivity contribution is -0.111. The van der Waals surface area contributed by atoms with Crippen LogP contribution in [0.1, 0.15) is 21.5 Å². The molecular weight excluding hydrogens is 369 g/mol. The van der Waals surface area contributed by atoms with Gasteiger partial charge in [-0.2, -0.15) is 5.10 Å². The first-order valence-electron chi connectivity index (χ1n) is 8.83. The second-order valence-electron chi connectivity index (χ2n) is 6.06. The molecule has 0 heterocycles. The van der Waals surface area contributed by atoms with Crippen molar-refractivity contribution in [2.24, 2.45) is 5.10 Å². The van der Waals surface area contributed by atoms with Crippen LogP contribution in [0.15, 0.2) is 90.0 Å². The molecule has 0 spiro atoms. The van der Waals surface area contributed by atoms with Crippen molar-refractivity contribution in [3.8, 4) is 0 Å². The molecule has 0 radical (unpaired) electrons. The minimum absolute atomic E-state index is 0.269. The average Bonchev–Trinajstić information content (AvgIpc) is 2.75. The number of benzene rings is 3. The summed E-state index contributed by atoms with van der Waals surface area (Å²) in [5.74, 6) is -1.01. The Morgan fingerprint density at radius 2 is 1.52 bits per heavy atom. The number of anilines is 1. The lowest BCUT2D eigenvalue weighted by Gasteiger charge is -2.04. The molecule has 0 aliphatic carbocycles. The van der Waals surface area contributed by atoms with Gasteiger partial charge in [-0.15, -0.1) is 0 Å². The topological polar surface area (TPSA) is 70.6 Å². The zero-order valence-corrected chi connectivity index (χ0v) is 15.4. The molecule has 0 aliphatic rings. The molecule has 5 nitrogen and oxygen atoms in total. The first-order chi connectivity index (χ1) is 14.1. The summed E-state index contributed by atoms with van der Waals surface area (Å²) in [5.41, 5.74) is 4.94. The monoisotopic (exact) mass is 387 g/mol. The number of nitrogens with one attached hydrogen (secondary N) is 2. The van der Waals surface area contributed by atoms with Gasteiger partial charge in [0, 0.05) is 17.3 Å². The van der Waals surface area contributed by atoms with E-state index in [1.807, 2.05) is 30.3 Å². The van der Waals surface area contributed by atoms with E-state index in [-0.39, 0.29) is 11.7 Å². The predicted octanol–water partition coefficient (Wildman–Crippen LogP) is 4.24. The summed E-state index contributed by atoms with van der Waals surface area (Å²) in [7, 11) is 0. The number of halogens is 1. The highest BCUT2D eigenvalue weighted by Crippen LogP contribution is 2.10. The molecule has 2 amide bonds. The van der Waals surface area contributed by atoms with E-state index in [4.69, 9.17) is 0 Å². The van der Waals surface area contributed by atoms with Gasteiger partial charge in [0.15, 0.2) is 0 Å². The lowest BCUT2D eigenvalue weighted by atomic mass is 10.2. The van der Waals surface area contributed by atoms with E-state index in [9.17, 15) is 14.0 Å². The SMILES string of the molecule is O=C(/C=C/c1ccccc1)Nc1ccc(C(=O)N/N=C\c2ccc(F)cc2)cc1. The van der Waals surface area contributed by atoms with E-state index in [0.29, 0.717) is 16.8 Å². The maximum absolute atomic E-state index is 12.8. The standard InChI is InChI=1S/C23H18FN3O2/c24-20-11-6-18(7-12-20)16-25-27-23(29)19-9-13-21(14-10-19)26-22(28)15-8-17-4-2-1-3-5-17/h1-16H,(H,26,28)(H,27,29)/b15-8+,25-16-. The van der Waals surface area contributed by atoms with Crippen LogP contribution in [0.5, 0.6) is 0 Å². The van der Waals surface area contributed by atoms with Gasteiger partial charge >= 0.3 is 0 Å². The van der Waals surface area contributed by atoms with Crippen LogP contribution in [-0.2, 0) is 4.79 Å². The Bertz CT molecular complexity index is 1030. The molecule has 0 saturated carbocycles. The molecule has 0 bridgehead atoms. The molecule has 2 N–H and O–H groups in total. The molecule has 144 valence electrons. The average molecular weight is 387 g/mol. The van der Waals surface area contributed by atoms with Crippen LogP contribution in [0.3, 0.4) is 0 Å². The molecule has 6 heteroatoms. The van der Waals surface area contributed by atoms with Crippen molar-refractivity contribution in [2.45, 2.75) is 0 Å². The Morgan fingerprint density at radius 1 is 0.828 bits per heavy atom. The molecule has 3 aromatic rings. The summed E-state index contributed by atoms with van der Waals surface area (Å²) in [6.45, 7) is 0. The molecule has 0 fully saturated rings. The highest BCUT2D eigenvalue weighted by atomic mass is 19.1. The summed E-state index contributed by atoms with van der Waals surface area (Å²) in [4.78, 5) is 24.1. The second kappa shape index (κ2) is 9.75. The Morgan fingerprint density at radius 3 is 2.21 bits per heavy atom. The van der Waals surface area contributed by atoms with Gasteiger partial charge in [0.05, 0.1) is 6.21 Å². The minimum atomic E-state index is -0.398. The number of rotatable bonds is 6. The fraction of sp³-hybridized carbons (Fsp3) is 0. The van der Waals surface area contributed by atoms with Crippen molar-refractivity contribution in [2.75, 3.05) is 5.32 Å². The Labute approximate surface area is 167 Å². The van der Waals surface area contributed by atoms with E-state index in [0.717, 1.165) is 5.56 Å². The van der Waals surface area contributed by atoms with Crippen LogP contribution in [0, 0.1) is 5.82 Å². The van der Waals surface area contributed by atoms with Gasteiger partial charge in [-0.1, -0.05) is 42.5 Å². The van der Waals surface area contributed by atoms with Crippen molar-refractivity contribution in [1.29, 1.82) is 0 Å². The summed E-state index contributed by atoms with van der Waals surface area (Å²) in [6, 6.07) is 21.6. The summed E-state index contributed by atoms with van der Waals surface area (Å²) in [6.07, 6.45) is 4.58. The smallest absolute Gasteiger partial charge is 0.271 e. The maximum atomic E-state index is 12.8. The number of hydrogen-bond acceptors (Lipinski definition) is 3. The molecule has 0 atom stereocenters. The van der Waals surface area contributed by atoms with Crippen molar-refractivity contribution in [1.82, 2.24) is 5.43 Å². The molecule has 0 aliphatic heterocycles. The normalized spacial score (nSPS) is 10.9. The Hall–Kier alpha value is -4.06. The minimum Gasteiger partial charge on any atom is -0.323 e. The van der Waals surface area contributed by atoms with Gasteiger partial charge in [-0.05, 0) is 53.6 Å². The number of nitrogens with zero attached hydrogens (tertiary/aromatic N) is 1. The van der Waals surface area contributed by atoms with E-state index >= 15 is 0 Å². The number of amides is 2. The van der Waals surface area contributed by atoms with Crippen LogP contribution in [0.4, 0.5) is 10.1 Å². The quantitative estimate of drug-likeness (QED) is 0.377. The third-order valence-corrected chi connectivity index (χ3v) is 3.89. The molecule has 3 aromatic carbocycles. The molecule has 29 heavy (non-hydrogen) atoms. The molecule has 0 unspecified atom stereocenters. The highest BCUT2D eigenvalue weighted by Gasteiger charge is 2.05. The van der Waals surface area contributed by atoms with Crippen molar-refractivity contribution in [3.05, 3.63) is 107 Å². The van der Waals surface area contributed by atoms with E-state index in [2.05, 4.69) is 15.8 Å². The molecule has 0 saturated heterocycles. The number of hydrogen-bond donors (Lipinski definition) is 2. The van der Waals surface area contributed by atoms with E-state index in [1.54, 1.807) is 42.5 Å². The van der Waals surface area contributed by atoms with Crippen molar-refractivity contribution >= 4 is 29.8 Å². The fourth-order valence-electron chi connectivity index (χ4n) is 2.40. The molecular formula is C23H18FN3O2. The fourth-order valence-corrected chi connectivity index (χ4v) is 2.40. The second-order valence-corrected chi connectivity index (χ2v) is 6.06. The van der Waals surface area contributed by atoms with Gasteiger partial charge < -0.3 is 5.32 Å². The summed E-state index contributed by atoms with van der Waals surface area (Å²) < 4.78 is 12.8. The van der Waals surface area contributed by atoms with Crippen LogP contribution >= 0.6 is 0 Å². The van der Waals surface area contributed by atoms with Gasteiger partial charge in [0.2, 0.25) is 5.91 Å². The van der Waals surface area contributed by atoms with Gasteiger partial charge in [0.1, 0.15) is 5.82 Å². The Balaban J connectivity index is 1.52. The maximum Gasteiger partial charge on any atom is 0.271 e. The lowest BCUT2D eigenvalue weighted by Crippen LogP contribution is -2.17. The van der Waals surface area contributed by atoms with Gasteiger partial charge in [0.25, 0.3) is 5.91 Å². The molecule has 3 rings (SSSR count). The third-order valence-electron chi connectivity index (χ3n) is 3.89. The zero-order chi connectivity index (χ0) is 20.5. The Kier molecular flexibility index (Phi) is 6.62. The first-order valence-corrected chi connectivity index (χ1v) is 8.83. The number of hydrazone groups is 1. The highest BCUT2D eigenvalue weighted by molar-refractivity contribution is 6.02. The van der Waals surface area contributed by atoms with Crippen LogP contribution in [0.2, 0.25) is 0 Å². The largest absolute Gasteiger partial charge is 0.323 e. The van der Waals surface area contributed by atoms with Gasteiger partial charge in [-0.3, -0.25) is 9.59 Å². The van der Waals surface area contributed by atoms with Crippen molar-refractivity contribution in [3.63, 3.8) is 0 Å². The summed E-state index contributed by atoms with van der Waals surface area (Å²) in [5, 5.41) is 6.58. The predicted molar refractivity (Wildman–Crippen MR) is 112 cm³/mol. The van der Waals surface area contributed by atoms with E-state index < -0.39 is 5.91 Å². The first kappa shape index (κ1) is 19.7. The van der Waals surface area contributed by atoms with Gasteiger partial charge in [-0.25, -0.2) is 9.82 Å². The number of carbonyl (C=O) groups is 2. The van der Waals surface area contributed by atoms with Crippen molar-refractivity contribution < 1.29 is 14.0 Å². The zero-order valence-electron chi connectivity index (χ0n) is 15.4.